The van der Waals surface area contributed by atoms with E-state index in [1.54, 1.807) is 13.2 Å². The van der Waals surface area contributed by atoms with Gasteiger partial charge in [0, 0.05) is 13.7 Å². The molecule has 0 radical (unpaired) electrons. The van der Waals surface area contributed by atoms with Crippen LogP contribution in [0.4, 0.5) is 0 Å². The molecule has 1 N–H and O–H groups in total. The highest BCUT2D eigenvalue weighted by Gasteiger charge is 2.01. The summed E-state index contributed by atoms with van der Waals surface area (Å²) < 4.78 is 10.4. The molecule has 0 amide bonds. The Morgan fingerprint density at radius 2 is 2.05 bits per heavy atom. The molecular weight excluding hydrogens is 240 g/mol. The molecule has 2 aromatic rings. The maximum absolute atomic E-state index is 8.66. The van der Waals surface area contributed by atoms with Crippen LogP contribution in [0.1, 0.15) is 22.6 Å². The van der Waals surface area contributed by atoms with Gasteiger partial charge in [-0.25, -0.2) is 0 Å². The van der Waals surface area contributed by atoms with Crippen molar-refractivity contribution in [3.8, 4) is 6.07 Å². The Labute approximate surface area is 112 Å². The average molecular weight is 256 g/mol. The van der Waals surface area contributed by atoms with Gasteiger partial charge in [0.25, 0.3) is 0 Å². The van der Waals surface area contributed by atoms with Gasteiger partial charge in [-0.1, -0.05) is 24.3 Å². The summed E-state index contributed by atoms with van der Waals surface area (Å²) in [4.78, 5) is 0. The van der Waals surface area contributed by atoms with E-state index < -0.39 is 0 Å². The van der Waals surface area contributed by atoms with Gasteiger partial charge in [-0.3, -0.25) is 0 Å². The Bertz CT molecular complexity index is 570. The molecule has 0 unspecified atom stereocenters. The van der Waals surface area contributed by atoms with Crippen molar-refractivity contribution in [2.24, 2.45) is 0 Å². The smallest absolute Gasteiger partial charge is 0.203 e. The van der Waals surface area contributed by atoms with Crippen molar-refractivity contribution < 1.29 is 9.15 Å². The predicted molar refractivity (Wildman–Crippen MR) is 71.1 cm³/mol. The molecule has 4 nitrogen and oxygen atoms in total. The molecule has 0 spiro atoms. The number of nitrogens with one attached hydrogen (secondary N) is 1. The van der Waals surface area contributed by atoms with Crippen LogP contribution in [-0.4, -0.2) is 7.11 Å². The van der Waals surface area contributed by atoms with E-state index in [-0.39, 0.29) is 0 Å². The van der Waals surface area contributed by atoms with Crippen molar-refractivity contribution in [3.63, 3.8) is 0 Å². The number of rotatable bonds is 6. The van der Waals surface area contributed by atoms with Crippen LogP contribution in [0.2, 0.25) is 0 Å². The van der Waals surface area contributed by atoms with Gasteiger partial charge in [-0.2, -0.15) is 5.26 Å². The minimum absolute atomic E-state index is 0.346. The number of hydrogen-bond acceptors (Lipinski definition) is 4. The van der Waals surface area contributed by atoms with Crippen molar-refractivity contribution in [3.05, 3.63) is 59.0 Å². The standard InChI is InChI=1S/C15H16N2O2/c1-18-11-13-4-2-3-12(7-13)9-17-10-15-6-5-14(8-16)19-15/h2-7,17H,9-11H2,1H3. The molecule has 0 atom stereocenters. The fourth-order valence-corrected chi connectivity index (χ4v) is 1.86. The van der Waals surface area contributed by atoms with E-state index in [1.807, 2.05) is 24.3 Å². The minimum Gasteiger partial charge on any atom is -0.449 e. The third kappa shape index (κ3) is 3.95. The van der Waals surface area contributed by atoms with E-state index in [2.05, 4.69) is 17.4 Å². The van der Waals surface area contributed by atoms with E-state index in [4.69, 9.17) is 14.4 Å². The number of hydrogen-bond donors (Lipinski definition) is 1. The zero-order valence-electron chi connectivity index (χ0n) is 10.8. The van der Waals surface area contributed by atoms with Gasteiger partial charge in [0.05, 0.1) is 13.2 Å². The van der Waals surface area contributed by atoms with Crippen LogP contribution >= 0.6 is 0 Å². The molecule has 0 saturated heterocycles. The predicted octanol–water partition coefficient (Wildman–Crippen LogP) is 2.59. The van der Waals surface area contributed by atoms with E-state index in [0.29, 0.717) is 18.9 Å². The zero-order valence-corrected chi connectivity index (χ0v) is 10.8. The summed E-state index contributed by atoms with van der Waals surface area (Å²) >= 11 is 0. The van der Waals surface area contributed by atoms with E-state index >= 15 is 0 Å². The summed E-state index contributed by atoms with van der Waals surface area (Å²) in [6.07, 6.45) is 0. The van der Waals surface area contributed by atoms with Crippen LogP contribution in [0.3, 0.4) is 0 Å². The number of nitriles is 1. The first-order chi connectivity index (χ1) is 9.31. The van der Waals surface area contributed by atoms with Crippen molar-refractivity contribution in [2.45, 2.75) is 19.7 Å². The average Bonchev–Trinajstić information content (AvgIpc) is 2.88. The Kier molecular flexibility index (Phi) is 4.73. The monoisotopic (exact) mass is 256 g/mol. The Balaban J connectivity index is 1.85. The largest absolute Gasteiger partial charge is 0.449 e. The highest BCUT2D eigenvalue weighted by Crippen LogP contribution is 2.08. The lowest BCUT2D eigenvalue weighted by atomic mass is 10.1. The fourth-order valence-electron chi connectivity index (χ4n) is 1.86. The summed E-state index contributed by atoms with van der Waals surface area (Å²) in [6.45, 7) is 1.98. The normalized spacial score (nSPS) is 10.3. The molecule has 0 bridgehead atoms. The number of ether oxygens (including phenoxy) is 1. The van der Waals surface area contributed by atoms with Gasteiger partial charge in [-0.15, -0.1) is 0 Å². The summed E-state index contributed by atoms with van der Waals surface area (Å²) in [6, 6.07) is 13.7. The maximum Gasteiger partial charge on any atom is 0.203 e. The van der Waals surface area contributed by atoms with Crippen LogP contribution in [0.25, 0.3) is 0 Å². The fraction of sp³-hybridized carbons (Fsp3) is 0.267. The third-order valence-corrected chi connectivity index (χ3v) is 2.70. The van der Waals surface area contributed by atoms with Gasteiger partial charge in [0.1, 0.15) is 11.8 Å². The molecule has 98 valence electrons. The lowest BCUT2D eigenvalue weighted by Crippen LogP contribution is -2.12. The summed E-state index contributed by atoms with van der Waals surface area (Å²) in [5, 5.41) is 11.9. The Morgan fingerprint density at radius 1 is 1.21 bits per heavy atom. The molecule has 4 heteroatoms. The summed E-state index contributed by atoms with van der Waals surface area (Å²) in [7, 11) is 1.69. The zero-order chi connectivity index (χ0) is 13.5. The highest BCUT2D eigenvalue weighted by molar-refractivity contribution is 5.23. The van der Waals surface area contributed by atoms with E-state index in [9.17, 15) is 0 Å². The van der Waals surface area contributed by atoms with Crippen molar-refractivity contribution in [2.75, 3.05) is 7.11 Å². The summed E-state index contributed by atoms with van der Waals surface area (Å²) in [5.41, 5.74) is 2.35. The second kappa shape index (κ2) is 6.74. The lowest BCUT2D eigenvalue weighted by Gasteiger charge is -2.05. The second-order valence-corrected chi connectivity index (χ2v) is 4.23. The molecule has 2 rings (SSSR count). The first-order valence-corrected chi connectivity index (χ1v) is 6.08. The second-order valence-electron chi connectivity index (χ2n) is 4.23. The number of methoxy groups -OCH3 is 1. The molecule has 0 fully saturated rings. The highest BCUT2D eigenvalue weighted by atomic mass is 16.5. The Hall–Kier alpha value is -2.09. The Morgan fingerprint density at radius 3 is 2.79 bits per heavy atom. The van der Waals surface area contributed by atoms with Crippen molar-refractivity contribution in [1.82, 2.24) is 5.32 Å². The molecular formula is C15H16N2O2. The van der Waals surface area contributed by atoms with E-state index in [1.165, 1.54) is 5.56 Å². The first-order valence-electron chi connectivity index (χ1n) is 6.08. The number of nitrogens with zero attached hydrogens (tertiary/aromatic N) is 1. The van der Waals surface area contributed by atoms with Gasteiger partial charge >= 0.3 is 0 Å². The molecule has 1 aromatic carbocycles. The van der Waals surface area contributed by atoms with Crippen molar-refractivity contribution in [1.29, 1.82) is 5.26 Å². The molecule has 0 aliphatic heterocycles. The third-order valence-electron chi connectivity index (χ3n) is 2.70. The van der Waals surface area contributed by atoms with Gasteiger partial charge in [0.2, 0.25) is 5.76 Å². The van der Waals surface area contributed by atoms with Crippen LogP contribution < -0.4 is 5.32 Å². The molecule has 1 heterocycles. The van der Waals surface area contributed by atoms with Gasteiger partial charge in [0.15, 0.2) is 0 Å². The molecule has 0 aliphatic rings. The van der Waals surface area contributed by atoms with Gasteiger partial charge < -0.3 is 14.5 Å². The lowest BCUT2D eigenvalue weighted by molar-refractivity contribution is 0.185. The number of benzene rings is 1. The van der Waals surface area contributed by atoms with E-state index in [0.717, 1.165) is 17.9 Å². The summed E-state index contributed by atoms with van der Waals surface area (Å²) in [5.74, 6) is 1.11. The van der Waals surface area contributed by atoms with Crippen LogP contribution in [0.5, 0.6) is 0 Å². The van der Waals surface area contributed by atoms with Crippen LogP contribution in [-0.2, 0) is 24.4 Å². The number of furan rings is 1. The van der Waals surface area contributed by atoms with Crippen LogP contribution in [0, 0.1) is 11.3 Å². The molecule has 0 aliphatic carbocycles. The minimum atomic E-state index is 0.346. The SMILES string of the molecule is COCc1cccc(CNCc2ccc(C#N)o2)c1. The topological polar surface area (TPSA) is 58.2 Å². The van der Waals surface area contributed by atoms with Gasteiger partial charge in [-0.05, 0) is 23.3 Å². The van der Waals surface area contributed by atoms with Crippen LogP contribution in [0.15, 0.2) is 40.8 Å². The molecule has 0 saturated carbocycles. The quantitative estimate of drug-likeness (QED) is 0.863. The molecule has 1 aromatic heterocycles. The van der Waals surface area contributed by atoms with Crippen molar-refractivity contribution >= 4 is 0 Å². The first kappa shape index (κ1) is 13.3. The molecule has 19 heavy (non-hydrogen) atoms. The maximum atomic E-state index is 8.66.